The SMILES string of the molecule is CCCNCc1ncc(-c2cc3c4c(c2)OCc2cc(-c5cnc(CN(CCC)C(=O)CNC(=O)OC)[nH]5)cc(c2-4)OC3)[nH]1. The van der Waals surface area contributed by atoms with E-state index in [-0.39, 0.29) is 12.5 Å². The van der Waals surface area contributed by atoms with Crippen molar-refractivity contribution in [3.63, 3.8) is 0 Å². The molecule has 2 aliphatic rings. The van der Waals surface area contributed by atoms with Crippen LogP contribution < -0.4 is 20.1 Å². The van der Waals surface area contributed by atoms with Crippen LogP contribution in [0.25, 0.3) is 33.6 Å². The summed E-state index contributed by atoms with van der Waals surface area (Å²) in [6, 6.07) is 8.36. The van der Waals surface area contributed by atoms with E-state index >= 15 is 0 Å². The Morgan fingerprint density at radius 1 is 0.909 bits per heavy atom. The van der Waals surface area contributed by atoms with Gasteiger partial charge in [0.2, 0.25) is 5.91 Å². The lowest BCUT2D eigenvalue weighted by Crippen LogP contribution is -2.40. The molecule has 6 rings (SSSR count). The van der Waals surface area contributed by atoms with Gasteiger partial charge >= 0.3 is 6.09 Å². The number of nitrogens with one attached hydrogen (secondary N) is 4. The number of nitrogens with zero attached hydrogens (tertiary/aromatic N) is 3. The largest absolute Gasteiger partial charge is 0.488 e. The maximum absolute atomic E-state index is 12.7. The number of ether oxygens (including phenoxy) is 3. The molecule has 2 aliphatic heterocycles. The third-order valence-corrected chi connectivity index (χ3v) is 7.74. The minimum Gasteiger partial charge on any atom is -0.488 e. The van der Waals surface area contributed by atoms with Gasteiger partial charge in [0.1, 0.15) is 42.9 Å². The van der Waals surface area contributed by atoms with E-state index in [0.29, 0.717) is 38.7 Å². The first-order chi connectivity index (χ1) is 21.5. The molecule has 0 bridgehead atoms. The van der Waals surface area contributed by atoms with Crippen molar-refractivity contribution in [3.05, 3.63) is 59.4 Å². The summed E-state index contributed by atoms with van der Waals surface area (Å²) in [5, 5.41) is 5.82. The summed E-state index contributed by atoms with van der Waals surface area (Å²) >= 11 is 0. The fourth-order valence-corrected chi connectivity index (χ4v) is 5.64. The summed E-state index contributed by atoms with van der Waals surface area (Å²) in [5.74, 6) is 2.98. The lowest BCUT2D eigenvalue weighted by Gasteiger charge is -2.30. The van der Waals surface area contributed by atoms with E-state index in [9.17, 15) is 9.59 Å². The number of imidazole rings is 2. The van der Waals surface area contributed by atoms with Crippen molar-refractivity contribution in [3.8, 4) is 45.1 Å². The van der Waals surface area contributed by atoms with Gasteiger partial charge in [-0.2, -0.15) is 0 Å². The molecule has 0 saturated carbocycles. The number of carbonyl (C=O) groups is 2. The van der Waals surface area contributed by atoms with E-state index in [1.165, 1.54) is 7.11 Å². The minimum absolute atomic E-state index is 0.143. The number of alkyl carbamates (subject to hydrolysis) is 1. The average molecular weight is 600 g/mol. The van der Waals surface area contributed by atoms with Gasteiger partial charge in [0, 0.05) is 39.9 Å². The lowest BCUT2D eigenvalue weighted by molar-refractivity contribution is -0.130. The van der Waals surface area contributed by atoms with Crippen LogP contribution in [-0.4, -0.2) is 63.6 Å². The zero-order valence-corrected chi connectivity index (χ0v) is 25.2. The first-order valence-corrected chi connectivity index (χ1v) is 15.0. The quantitative estimate of drug-likeness (QED) is 0.174. The smallest absolute Gasteiger partial charge is 0.407 e. The van der Waals surface area contributed by atoms with Crippen LogP contribution in [0.5, 0.6) is 11.5 Å². The number of hydrogen-bond acceptors (Lipinski definition) is 8. The summed E-state index contributed by atoms with van der Waals surface area (Å²) < 4.78 is 17.2. The standard InChI is InChI=1S/C32H37N7O5/c1-4-6-33-14-27-34-12-23(37-27)19-8-21-17-44-26-11-20(9-22-18-43-25(10-19)30(21)31(22)26)24-13-35-28(38-24)16-39(7-5-2)29(40)15-36-32(41)42-3/h8-13,33H,4-7,14-18H2,1-3H3,(H,34,37)(H,35,38)(H,36,41). The third kappa shape index (κ3) is 5.98. The van der Waals surface area contributed by atoms with Gasteiger partial charge in [0.25, 0.3) is 0 Å². The Balaban J connectivity index is 1.22. The Morgan fingerprint density at radius 2 is 1.52 bits per heavy atom. The van der Waals surface area contributed by atoms with Crippen LogP contribution in [0.15, 0.2) is 36.7 Å². The van der Waals surface area contributed by atoms with Gasteiger partial charge in [-0.25, -0.2) is 14.8 Å². The van der Waals surface area contributed by atoms with Crippen LogP contribution in [0.3, 0.4) is 0 Å². The summed E-state index contributed by atoms with van der Waals surface area (Å²) in [4.78, 5) is 41.6. The Labute approximate surface area is 255 Å². The van der Waals surface area contributed by atoms with Crippen LogP contribution in [0.4, 0.5) is 4.79 Å². The van der Waals surface area contributed by atoms with E-state index in [1.54, 1.807) is 11.1 Å². The molecule has 12 heteroatoms. The van der Waals surface area contributed by atoms with Crippen LogP contribution in [-0.2, 0) is 35.8 Å². The molecule has 0 radical (unpaired) electrons. The molecule has 2 aromatic heterocycles. The average Bonchev–Trinajstić information content (AvgIpc) is 3.72. The molecule has 0 fully saturated rings. The molecule has 2 amide bonds. The number of rotatable bonds is 12. The number of carbonyl (C=O) groups excluding carboxylic acids is 2. The van der Waals surface area contributed by atoms with Crippen molar-refractivity contribution in [1.82, 2.24) is 35.5 Å². The monoisotopic (exact) mass is 599 g/mol. The first kappa shape index (κ1) is 29.2. The van der Waals surface area contributed by atoms with Gasteiger partial charge in [-0.3, -0.25) is 4.79 Å². The second-order valence-electron chi connectivity index (χ2n) is 10.9. The fraction of sp³-hybridized carbons (Fsp3) is 0.375. The van der Waals surface area contributed by atoms with E-state index in [0.717, 1.165) is 81.5 Å². The molecular formula is C32H37N7O5. The van der Waals surface area contributed by atoms with E-state index in [2.05, 4.69) is 60.4 Å². The number of amides is 2. The van der Waals surface area contributed by atoms with Gasteiger partial charge in [0.15, 0.2) is 0 Å². The molecule has 4 N–H and O–H groups in total. The normalized spacial score (nSPS) is 12.6. The highest BCUT2D eigenvalue weighted by Crippen LogP contribution is 2.50. The van der Waals surface area contributed by atoms with Crippen molar-refractivity contribution in [2.75, 3.05) is 26.7 Å². The molecule has 12 nitrogen and oxygen atoms in total. The second kappa shape index (κ2) is 12.8. The van der Waals surface area contributed by atoms with Crippen molar-refractivity contribution in [2.45, 2.75) is 53.0 Å². The summed E-state index contributed by atoms with van der Waals surface area (Å²) in [6.07, 6.45) is 4.83. The predicted molar refractivity (Wildman–Crippen MR) is 164 cm³/mol. The highest BCUT2D eigenvalue weighted by atomic mass is 16.5. The van der Waals surface area contributed by atoms with Crippen LogP contribution in [0.2, 0.25) is 0 Å². The highest BCUT2D eigenvalue weighted by molar-refractivity contribution is 5.88. The Bertz CT molecular complexity index is 1630. The Hall–Kier alpha value is -4.84. The highest BCUT2D eigenvalue weighted by Gasteiger charge is 2.30. The minimum atomic E-state index is -0.643. The molecular weight excluding hydrogens is 562 g/mol. The number of aromatic nitrogens is 4. The zero-order valence-electron chi connectivity index (χ0n) is 25.2. The molecule has 230 valence electrons. The molecule has 0 saturated heterocycles. The summed E-state index contributed by atoms with van der Waals surface area (Å²) in [7, 11) is 1.26. The Morgan fingerprint density at radius 3 is 2.11 bits per heavy atom. The topological polar surface area (TPSA) is 146 Å². The predicted octanol–water partition coefficient (Wildman–Crippen LogP) is 4.51. The number of hydrogen-bond donors (Lipinski definition) is 4. The van der Waals surface area contributed by atoms with Crippen molar-refractivity contribution < 1.29 is 23.8 Å². The molecule has 0 spiro atoms. The molecule has 2 aromatic carbocycles. The van der Waals surface area contributed by atoms with Gasteiger partial charge in [-0.15, -0.1) is 0 Å². The lowest BCUT2D eigenvalue weighted by atomic mass is 9.87. The van der Waals surface area contributed by atoms with Gasteiger partial charge < -0.3 is 39.7 Å². The number of H-pyrrole nitrogens is 2. The summed E-state index contributed by atoms with van der Waals surface area (Å²) in [6.45, 7) is 7.31. The van der Waals surface area contributed by atoms with Gasteiger partial charge in [-0.1, -0.05) is 13.8 Å². The molecule has 4 heterocycles. The van der Waals surface area contributed by atoms with Crippen molar-refractivity contribution in [2.24, 2.45) is 0 Å². The molecule has 4 aromatic rings. The summed E-state index contributed by atoms with van der Waals surface area (Å²) in [5.41, 5.74) is 7.95. The van der Waals surface area contributed by atoms with Crippen molar-refractivity contribution >= 4 is 12.0 Å². The third-order valence-electron chi connectivity index (χ3n) is 7.74. The fourth-order valence-electron chi connectivity index (χ4n) is 5.64. The molecule has 0 unspecified atom stereocenters. The number of benzene rings is 2. The number of aromatic amines is 2. The van der Waals surface area contributed by atoms with Gasteiger partial charge in [0.05, 0.1) is 44.0 Å². The van der Waals surface area contributed by atoms with E-state index in [1.807, 2.05) is 19.2 Å². The maximum atomic E-state index is 12.7. The molecule has 0 aliphatic carbocycles. The van der Waals surface area contributed by atoms with E-state index < -0.39 is 6.09 Å². The van der Waals surface area contributed by atoms with Crippen LogP contribution in [0, 0.1) is 0 Å². The molecule has 0 atom stereocenters. The molecule has 44 heavy (non-hydrogen) atoms. The number of methoxy groups -OCH3 is 1. The van der Waals surface area contributed by atoms with Gasteiger partial charge in [-0.05, 0) is 43.7 Å². The van der Waals surface area contributed by atoms with Crippen molar-refractivity contribution in [1.29, 1.82) is 0 Å². The second-order valence-corrected chi connectivity index (χ2v) is 10.9. The van der Waals surface area contributed by atoms with Crippen LogP contribution in [0.1, 0.15) is 49.5 Å². The zero-order chi connectivity index (χ0) is 30.6. The van der Waals surface area contributed by atoms with E-state index in [4.69, 9.17) is 9.47 Å². The maximum Gasteiger partial charge on any atom is 0.407 e. The van der Waals surface area contributed by atoms with Crippen LogP contribution >= 0.6 is 0 Å². The Kier molecular flexibility index (Phi) is 8.51. The first-order valence-electron chi connectivity index (χ1n) is 15.0.